The number of piperidine rings is 1. The van der Waals surface area contributed by atoms with Crippen LogP contribution < -0.4 is 0 Å². The SMILES string of the molecule is O=C(N(C1CC1)C1COC2(CCN(CC3(C(=O)OCc4ccccc4)CCC3)CC2)C1)C(F)(F)F. The molecule has 35 heavy (non-hydrogen) atoms. The maximum Gasteiger partial charge on any atom is 0.471 e. The Labute approximate surface area is 203 Å². The van der Waals surface area contributed by atoms with Crippen molar-refractivity contribution in [3.63, 3.8) is 0 Å². The molecule has 192 valence electrons. The topological polar surface area (TPSA) is 59.1 Å². The fourth-order valence-electron chi connectivity index (χ4n) is 5.93. The predicted octanol–water partition coefficient (Wildman–Crippen LogP) is 4.08. The first kappa shape index (κ1) is 24.6. The lowest BCUT2D eigenvalue weighted by atomic mass is 9.68. The highest BCUT2D eigenvalue weighted by molar-refractivity contribution is 5.83. The summed E-state index contributed by atoms with van der Waals surface area (Å²) in [4.78, 5) is 28.3. The van der Waals surface area contributed by atoms with E-state index in [1.165, 1.54) is 0 Å². The first-order chi connectivity index (χ1) is 16.7. The van der Waals surface area contributed by atoms with Crippen LogP contribution in [-0.4, -0.2) is 71.8 Å². The van der Waals surface area contributed by atoms with Crippen molar-refractivity contribution in [2.75, 3.05) is 26.2 Å². The zero-order chi connectivity index (χ0) is 24.7. The first-order valence-electron chi connectivity index (χ1n) is 12.7. The van der Waals surface area contributed by atoms with E-state index in [0.717, 1.165) is 42.8 Å². The maximum atomic E-state index is 13.2. The minimum Gasteiger partial charge on any atom is -0.460 e. The second-order valence-corrected chi connectivity index (χ2v) is 10.8. The standard InChI is InChI=1S/C26H33F3N2O4/c27-26(28,29)22(32)31(20-7-8-20)21-15-25(35-17-21)11-13-30(14-12-25)18-24(9-4-10-24)23(33)34-16-19-5-2-1-3-6-19/h1-3,5-6,20-21H,4,7-18H2. The Morgan fingerprint density at radius 1 is 1.06 bits per heavy atom. The Morgan fingerprint density at radius 2 is 1.74 bits per heavy atom. The van der Waals surface area contributed by atoms with Crippen LogP contribution in [0.4, 0.5) is 13.2 Å². The number of nitrogens with zero attached hydrogens (tertiary/aromatic N) is 2. The molecule has 2 aliphatic carbocycles. The average molecular weight is 495 g/mol. The number of hydrogen-bond acceptors (Lipinski definition) is 5. The molecular weight excluding hydrogens is 461 g/mol. The quantitative estimate of drug-likeness (QED) is 0.535. The van der Waals surface area contributed by atoms with E-state index in [1.54, 1.807) is 0 Å². The van der Waals surface area contributed by atoms with Gasteiger partial charge in [0.1, 0.15) is 6.61 Å². The van der Waals surface area contributed by atoms with E-state index in [9.17, 15) is 22.8 Å². The van der Waals surface area contributed by atoms with Crippen molar-refractivity contribution >= 4 is 11.9 Å². The van der Waals surface area contributed by atoms with Gasteiger partial charge in [-0.3, -0.25) is 9.59 Å². The van der Waals surface area contributed by atoms with E-state index in [-0.39, 0.29) is 25.2 Å². The van der Waals surface area contributed by atoms with Crippen molar-refractivity contribution in [2.45, 2.75) is 81.8 Å². The molecule has 1 aromatic carbocycles. The Balaban J connectivity index is 1.14. The minimum atomic E-state index is -4.85. The molecule has 4 fully saturated rings. The normalized spacial score (nSPS) is 25.7. The van der Waals surface area contributed by atoms with E-state index in [0.29, 0.717) is 38.6 Å². The second kappa shape index (κ2) is 9.39. The number of ether oxygens (including phenoxy) is 2. The van der Waals surface area contributed by atoms with Gasteiger partial charge < -0.3 is 19.3 Å². The molecule has 1 spiro atoms. The molecular formula is C26H33F3N2O4. The molecule has 1 atom stereocenters. The Bertz CT molecular complexity index is 922. The molecule has 4 aliphatic rings. The largest absolute Gasteiger partial charge is 0.471 e. The van der Waals surface area contributed by atoms with Gasteiger partial charge in [0.05, 0.1) is 23.7 Å². The Kier molecular flexibility index (Phi) is 6.59. The van der Waals surface area contributed by atoms with E-state index in [1.807, 2.05) is 30.3 Å². The van der Waals surface area contributed by atoms with E-state index in [2.05, 4.69) is 4.90 Å². The number of carbonyl (C=O) groups is 2. The molecule has 1 amide bonds. The number of halogens is 3. The summed E-state index contributed by atoms with van der Waals surface area (Å²) in [5.74, 6) is -1.88. The van der Waals surface area contributed by atoms with Crippen molar-refractivity contribution in [3.8, 4) is 0 Å². The number of carbonyl (C=O) groups excluding carboxylic acids is 2. The molecule has 9 heteroatoms. The molecule has 0 aromatic heterocycles. The van der Waals surface area contributed by atoms with Crippen molar-refractivity contribution in [1.82, 2.24) is 9.80 Å². The molecule has 6 nitrogen and oxygen atoms in total. The van der Waals surface area contributed by atoms with Gasteiger partial charge >= 0.3 is 18.1 Å². The molecule has 0 radical (unpaired) electrons. The van der Waals surface area contributed by atoms with E-state index >= 15 is 0 Å². The summed E-state index contributed by atoms with van der Waals surface area (Å²) in [5, 5.41) is 0. The lowest BCUT2D eigenvalue weighted by molar-refractivity contribution is -0.188. The van der Waals surface area contributed by atoms with Crippen molar-refractivity contribution in [3.05, 3.63) is 35.9 Å². The summed E-state index contributed by atoms with van der Waals surface area (Å²) in [6, 6.07) is 8.81. The van der Waals surface area contributed by atoms with Gasteiger partial charge in [-0.1, -0.05) is 36.8 Å². The average Bonchev–Trinajstić information content (AvgIpc) is 3.57. The second-order valence-electron chi connectivity index (χ2n) is 10.8. The highest BCUT2D eigenvalue weighted by Crippen LogP contribution is 2.46. The molecule has 2 saturated heterocycles. The summed E-state index contributed by atoms with van der Waals surface area (Å²) in [5.41, 5.74) is 0.00789. The van der Waals surface area contributed by atoms with E-state index < -0.39 is 29.1 Å². The van der Waals surface area contributed by atoms with Crippen LogP contribution in [0, 0.1) is 5.41 Å². The van der Waals surface area contributed by atoms with Crippen LogP contribution in [0.15, 0.2) is 30.3 Å². The highest BCUT2D eigenvalue weighted by atomic mass is 19.4. The monoisotopic (exact) mass is 494 g/mol. The van der Waals surface area contributed by atoms with E-state index in [4.69, 9.17) is 9.47 Å². The summed E-state index contributed by atoms with van der Waals surface area (Å²) in [6.45, 7) is 2.51. The third-order valence-electron chi connectivity index (χ3n) is 8.25. The van der Waals surface area contributed by atoms with Gasteiger partial charge in [-0.05, 0) is 50.5 Å². The summed E-state index contributed by atoms with van der Waals surface area (Å²) < 4.78 is 51.2. The fraction of sp³-hybridized carbons (Fsp3) is 0.692. The number of alkyl halides is 3. The smallest absolute Gasteiger partial charge is 0.460 e. The molecule has 2 aliphatic heterocycles. The Morgan fingerprint density at radius 3 is 2.31 bits per heavy atom. The molecule has 2 saturated carbocycles. The third kappa shape index (κ3) is 5.21. The van der Waals surface area contributed by atoms with Gasteiger partial charge in [-0.25, -0.2) is 0 Å². The van der Waals surface area contributed by atoms with Crippen LogP contribution in [0.25, 0.3) is 0 Å². The van der Waals surface area contributed by atoms with Crippen molar-refractivity contribution in [2.24, 2.45) is 5.41 Å². The van der Waals surface area contributed by atoms with Crippen LogP contribution >= 0.6 is 0 Å². The number of amides is 1. The lowest BCUT2D eigenvalue weighted by Crippen LogP contribution is -2.53. The first-order valence-corrected chi connectivity index (χ1v) is 12.7. The van der Waals surface area contributed by atoms with Gasteiger partial charge in [0, 0.05) is 25.7 Å². The minimum absolute atomic E-state index is 0.143. The number of rotatable bonds is 7. The number of likely N-dealkylation sites (tertiary alicyclic amines) is 1. The molecule has 0 N–H and O–H groups in total. The van der Waals surface area contributed by atoms with Crippen LogP contribution in [-0.2, 0) is 25.7 Å². The number of benzene rings is 1. The molecule has 0 bridgehead atoms. The zero-order valence-corrected chi connectivity index (χ0v) is 19.9. The Hall–Kier alpha value is -2.13. The molecule has 1 unspecified atom stereocenters. The number of esters is 1. The molecule has 2 heterocycles. The summed E-state index contributed by atoms with van der Waals surface area (Å²) in [7, 11) is 0. The van der Waals surface area contributed by atoms with Gasteiger partial charge in [0.25, 0.3) is 0 Å². The predicted molar refractivity (Wildman–Crippen MR) is 121 cm³/mol. The summed E-state index contributed by atoms with van der Waals surface area (Å²) >= 11 is 0. The third-order valence-corrected chi connectivity index (χ3v) is 8.25. The van der Waals surface area contributed by atoms with Gasteiger partial charge in [0.15, 0.2) is 0 Å². The van der Waals surface area contributed by atoms with Gasteiger partial charge in [0.2, 0.25) is 0 Å². The zero-order valence-electron chi connectivity index (χ0n) is 19.9. The van der Waals surface area contributed by atoms with Crippen LogP contribution in [0.1, 0.15) is 56.9 Å². The van der Waals surface area contributed by atoms with Gasteiger partial charge in [-0.2, -0.15) is 13.2 Å². The molecule has 5 rings (SSSR count). The highest BCUT2D eigenvalue weighted by Gasteiger charge is 2.54. The summed E-state index contributed by atoms with van der Waals surface area (Å²) in [6.07, 6.45) is 0.871. The maximum absolute atomic E-state index is 13.2. The van der Waals surface area contributed by atoms with Crippen molar-refractivity contribution in [1.29, 1.82) is 0 Å². The number of hydrogen-bond donors (Lipinski definition) is 0. The van der Waals surface area contributed by atoms with Crippen LogP contribution in [0.2, 0.25) is 0 Å². The van der Waals surface area contributed by atoms with Crippen LogP contribution in [0.5, 0.6) is 0 Å². The lowest BCUT2D eigenvalue weighted by Gasteiger charge is -2.46. The van der Waals surface area contributed by atoms with Gasteiger partial charge in [-0.15, -0.1) is 0 Å². The molecule has 1 aromatic rings. The fourth-order valence-corrected chi connectivity index (χ4v) is 5.93. The van der Waals surface area contributed by atoms with Crippen LogP contribution in [0.3, 0.4) is 0 Å². The van der Waals surface area contributed by atoms with Crippen molar-refractivity contribution < 1.29 is 32.2 Å².